The normalized spacial score (nSPS) is 27.2. The Bertz CT molecular complexity index is 319. The van der Waals surface area contributed by atoms with E-state index in [0.717, 1.165) is 25.6 Å². The van der Waals surface area contributed by atoms with Gasteiger partial charge in [-0.05, 0) is 12.8 Å². The minimum Gasteiger partial charge on any atom is -0.378 e. The van der Waals surface area contributed by atoms with Crippen LogP contribution in [0.4, 0.5) is 0 Å². The van der Waals surface area contributed by atoms with Crippen LogP contribution >= 0.6 is 0 Å². The Morgan fingerprint density at radius 1 is 1.24 bits per heavy atom. The molecule has 1 aromatic rings. The monoisotopic (exact) mass is 235 g/mol. The lowest BCUT2D eigenvalue weighted by Gasteiger charge is -2.22. The first-order chi connectivity index (χ1) is 8.43. The zero-order chi connectivity index (χ0) is 11.5. The van der Waals surface area contributed by atoms with Gasteiger partial charge in [-0.2, -0.15) is 0 Å². The Balaban J connectivity index is 1.68. The Morgan fingerprint density at radius 3 is 2.88 bits per heavy atom. The maximum Gasteiger partial charge on any atom is 0.125 e. The molecule has 0 spiro atoms. The van der Waals surface area contributed by atoms with Crippen LogP contribution in [0, 0.1) is 0 Å². The van der Waals surface area contributed by atoms with E-state index in [1.165, 1.54) is 37.8 Å². The molecule has 2 N–H and O–H groups in total. The van der Waals surface area contributed by atoms with E-state index in [1.54, 1.807) is 0 Å². The van der Waals surface area contributed by atoms with Gasteiger partial charge in [0.15, 0.2) is 0 Å². The van der Waals surface area contributed by atoms with Gasteiger partial charge in [-0.15, -0.1) is 0 Å². The SMILES string of the molecule is c1nc(C2COCCN2)[nH]c1C1CCCCC1. The summed E-state index contributed by atoms with van der Waals surface area (Å²) >= 11 is 0. The van der Waals surface area contributed by atoms with Crippen molar-refractivity contribution in [3.05, 3.63) is 17.7 Å². The number of nitrogens with zero attached hydrogens (tertiary/aromatic N) is 1. The molecule has 1 saturated heterocycles. The minimum absolute atomic E-state index is 0.251. The van der Waals surface area contributed by atoms with Crippen molar-refractivity contribution in [2.24, 2.45) is 0 Å². The molecule has 4 nitrogen and oxygen atoms in total. The highest BCUT2D eigenvalue weighted by Crippen LogP contribution is 2.31. The highest BCUT2D eigenvalue weighted by atomic mass is 16.5. The summed E-state index contributed by atoms with van der Waals surface area (Å²) < 4.78 is 5.47. The van der Waals surface area contributed by atoms with Gasteiger partial charge in [0, 0.05) is 24.4 Å². The first-order valence-corrected chi connectivity index (χ1v) is 6.79. The van der Waals surface area contributed by atoms with Crippen molar-refractivity contribution in [2.75, 3.05) is 19.8 Å². The van der Waals surface area contributed by atoms with Gasteiger partial charge in [-0.1, -0.05) is 19.3 Å². The van der Waals surface area contributed by atoms with Gasteiger partial charge in [0.2, 0.25) is 0 Å². The number of ether oxygens (including phenoxy) is 1. The average Bonchev–Trinajstić information content (AvgIpc) is 2.90. The molecule has 1 aliphatic carbocycles. The van der Waals surface area contributed by atoms with Crippen LogP contribution < -0.4 is 5.32 Å². The van der Waals surface area contributed by atoms with Crippen molar-refractivity contribution in [2.45, 2.75) is 44.1 Å². The number of morpholine rings is 1. The Kier molecular flexibility index (Phi) is 3.43. The standard InChI is InChI=1S/C13H21N3O/c1-2-4-10(5-3-1)11-8-15-13(16-11)12-9-17-7-6-14-12/h8,10,12,14H,1-7,9H2,(H,15,16). The molecular formula is C13H21N3O. The highest BCUT2D eigenvalue weighted by molar-refractivity contribution is 5.11. The van der Waals surface area contributed by atoms with E-state index in [2.05, 4.69) is 15.3 Å². The number of hydrogen-bond donors (Lipinski definition) is 2. The Labute approximate surface area is 102 Å². The van der Waals surface area contributed by atoms with Crippen molar-refractivity contribution in [1.29, 1.82) is 0 Å². The van der Waals surface area contributed by atoms with E-state index >= 15 is 0 Å². The van der Waals surface area contributed by atoms with E-state index in [-0.39, 0.29) is 6.04 Å². The van der Waals surface area contributed by atoms with Crippen LogP contribution in [0.3, 0.4) is 0 Å². The van der Waals surface area contributed by atoms with Crippen molar-refractivity contribution in [3.63, 3.8) is 0 Å². The molecule has 2 fully saturated rings. The highest BCUT2D eigenvalue weighted by Gasteiger charge is 2.21. The van der Waals surface area contributed by atoms with Crippen molar-refractivity contribution >= 4 is 0 Å². The molecule has 1 aliphatic heterocycles. The van der Waals surface area contributed by atoms with E-state index in [4.69, 9.17) is 4.74 Å². The van der Waals surface area contributed by atoms with E-state index in [0.29, 0.717) is 5.92 Å². The van der Waals surface area contributed by atoms with Crippen LogP contribution in [-0.4, -0.2) is 29.7 Å². The summed E-state index contributed by atoms with van der Waals surface area (Å²) in [6, 6.07) is 0.251. The molecule has 0 amide bonds. The number of H-pyrrole nitrogens is 1. The third-order valence-corrected chi connectivity index (χ3v) is 3.91. The fourth-order valence-corrected chi connectivity index (χ4v) is 2.89. The molecule has 2 heterocycles. The van der Waals surface area contributed by atoms with Gasteiger partial charge < -0.3 is 15.0 Å². The molecule has 0 bridgehead atoms. The topological polar surface area (TPSA) is 49.9 Å². The molecule has 17 heavy (non-hydrogen) atoms. The first kappa shape index (κ1) is 11.2. The van der Waals surface area contributed by atoms with Crippen LogP contribution in [0.25, 0.3) is 0 Å². The molecule has 1 unspecified atom stereocenters. The van der Waals surface area contributed by atoms with Gasteiger partial charge in [-0.25, -0.2) is 4.98 Å². The predicted octanol–water partition coefficient (Wildman–Crippen LogP) is 2.12. The molecule has 4 heteroatoms. The summed E-state index contributed by atoms with van der Waals surface area (Å²) in [7, 11) is 0. The van der Waals surface area contributed by atoms with E-state index in [9.17, 15) is 0 Å². The molecule has 94 valence electrons. The van der Waals surface area contributed by atoms with Crippen LogP contribution in [0.15, 0.2) is 6.20 Å². The van der Waals surface area contributed by atoms with Crippen molar-refractivity contribution in [1.82, 2.24) is 15.3 Å². The van der Waals surface area contributed by atoms with Crippen molar-refractivity contribution < 1.29 is 4.74 Å². The molecular weight excluding hydrogens is 214 g/mol. The molecule has 1 aromatic heterocycles. The summed E-state index contributed by atoms with van der Waals surface area (Å²) in [5, 5.41) is 3.43. The van der Waals surface area contributed by atoms with Crippen LogP contribution in [0.5, 0.6) is 0 Å². The number of imidazole rings is 1. The predicted molar refractivity (Wildman–Crippen MR) is 66.0 cm³/mol. The second-order valence-electron chi connectivity index (χ2n) is 5.14. The maximum absolute atomic E-state index is 5.47. The molecule has 1 saturated carbocycles. The van der Waals surface area contributed by atoms with Crippen LogP contribution in [0.2, 0.25) is 0 Å². The Morgan fingerprint density at radius 2 is 2.12 bits per heavy atom. The minimum atomic E-state index is 0.251. The lowest BCUT2D eigenvalue weighted by Crippen LogP contribution is -2.35. The number of aromatic nitrogens is 2. The number of nitrogens with one attached hydrogen (secondary N) is 2. The second-order valence-corrected chi connectivity index (χ2v) is 5.14. The molecule has 0 aromatic carbocycles. The maximum atomic E-state index is 5.47. The molecule has 3 rings (SSSR count). The second kappa shape index (κ2) is 5.19. The summed E-state index contributed by atoms with van der Waals surface area (Å²) in [5.74, 6) is 1.75. The smallest absolute Gasteiger partial charge is 0.125 e. The summed E-state index contributed by atoms with van der Waals surface area (Å²) in [6.07, 6.45) is 8.79. The van der Waals surface area contributed by atoms with E-state index in [1.807, 2.05) is 6.20 Å². The van der Waals surface area contributed by atoms with Crippen LogP contribution in [0.1, 0.15) is 55.6 Å². The zero-order valence-electron chi connectivity index (χ0n) is 10.2. The molecule has 1 atom stereocenters. The fraction of sp³-hybridized carbons (Fsp3) is 0.769. The van der Waals surface area contributed by atoms with Crippen LogP contribution in [-0.2, 0) is 4.74 Å². The van der Waals surface area contributed by atoms with Gasteiger partial charge in [-0.3, -0.25) is 0 Å². The fourth-order valence-electron chi connectivity index (χ4n) is 2.89. The zero-order valence-corrected chi connectivity index (χ0v) is 10.2. The first-order valence-electron chi connectivity index (χ1n) is 6.79. The quantitative estimate of drug-likeness (QED) is 0.825. The number of rotatable bonds is 2. The van der Waals surface area contributed by atoms with Gasteiger partial charge >= 0.3 is 0 Å². The molecule has 0 radical (unpaired) electrons. The van der Waals surface area contributed by atoms with Gasteiger partial charge in [0.1, 0.15) is 5.82 Å². The van der Waals surface area contributed by atoms with Crippen molar-refractivity contribution in [3.8, 4) is 0 Å². The third kappa shape index (κ3) is 2.53. The average molecular weight is 235 g/mol. The summed E-state index contributed by atoms with van der Waals surface area (Å²) in [5.41, 5.74) is 1.33. The largest absolute Gasteiger partial charge is 0.378 e. The molecule has 2 aliphatic rings. The number of hydrogen-bond acceptors (Lipinski definition) is 3. The number of aromatic amines is 1. The lowest BCUT2D eigenvalue weighted by molar-refractivity contribution is 0.0744. The third-order valence-electron chi connectivity index (χ3n) is 3.91. The summed E-state index contributed by atoms with van der Waals surface area (Å²) in [4.78, 5) is 8.02. The summed E-state index contributed by atoms with van der Waals surface area (Å²) in [6.45, 7) is 2.47. The van der Waals surface area contributed by atoms with E-state index < -0.39 is 0 Å². The Hall–Kier alpha value is -0.870. The lowest BCUT2D eigenvalue weighted by atomic mass is 9.87. The van der Waals surface area contributed by atoms with Gasteiger partial charge in [0.05, 0.1) is 19.3 Å². The van der Waals surface area contributed by atoms with Gasteiger partial charge in [0.25, 0.3) is 0 Å².